The first kappa shape index (κ1) is 15.2. The van der Waals surface area contributed by atoms with E-state index in [1.807, 2.05) is 11.8 Å². The highest BCUT2D eigenvalue weighted by Crippen LogP contribution is 2.39. The monoisotopic (exact) mass is 313 g/mol. The maximum atomic E-state index is 11.9. The van der Waals surface area contributed by atoms with Crippen molar-refractivity contribution in [3.63, 3.8) is 0 Å². The fraction of sp³-hybridized carbons (Fsp3) is 0.538. The topological polar surface area (TPSA) is 89.4 Å². The van der Waals surface area contributed by atoms with Crippen molar-refractivity contribution >= 4 is 45.5 Å². The summed E-state index contributed by atoms with van der Waals surface area (Å²) >= 11 is 3.20. The Morgan fingerprint density at radius 3 is 2.70 bits per heavy atom. The molecule has 0 atom stereocenters. The second-order valence-corrected chi connectivity index (χ2v) is 6.84. The van der Waals surface area contributed by atoms with Crippen LogP contribution in [0.3, 0.4) is 0 Å². The molecule has 2 rings (SSSR count). The Labute approximate surface area is 126 Å². The molecule has 0 aliphatic carbocycles. The molecule has 1 aliphatic heterocycles. The Morgan fingerprint density at radius 1 is 1.30 bits per heavy atom. The quantitative estimate of drug-likeness (QED) is 0.830. The summed E-state index contributed by atoms with van der Waals surface area (Å²) in [6, 6.07) is 0. The molecular weight excluding hydrogens is 294 g/mol. The van der Waals surface area contributed by atoms with E-state index in [9.17, 15) is 9.59 Å². The first-order valence-corrected chi connectivity index (χ1v) is 8.61. The smallest absolute Gasteiger partial charge is 0.253 e. The second-order valence-electron chi connectivity index (χ2n) is 4.62. The van der Waals surface area contributed by atoms with Gasteiger partial charge in [0.2, 0.25) is 0 Å². The SMILES string of the molecule is CCC(=O)c1sc(N2CCCSCC2)c(C(N)=O)c1N. The lowest BCUT2D eigenvalue weighted by Crippen LogP contribution is -2.27. The zero-order valence-electron chi connectivity index (χ0n) is 11.5. The van der Waals surface area contributed by atoms with Gasteiger partial charge < -0.3 is 16.4 Å². The summed E-state index contributed by atoms with van der Waals surface area (Å²) in [6.07, 6.45) is 1.43. The van der Waals surface area contributed by atoms with E-state index >= 15 is 0 Å². The number of nitrogens with two attached hydrogens (primary N) is 2. The molecule has 0 radical (unpaired) electrons. The summed E-state index contributed by atoms with van der Waals surface area (Å²) in [5, 5.41) is 0.759. The average Bonchev–Trinajstić information content (AvgIpc) is 2.62. The van der Waals surface area contributed by atoms with Crippen molar-refractivity contribution in [3.05, 3.63) is 10.4 Å². The van der Waals surface area contributed by atoms with E-state index in [0.717, 1.165) is 36.0 Å². The highest BCUT2D eigenvalue weighted by atomic mass is 32.2. The van der Waals surface area contributed by atoms with E-state index in [4.69, 9.17) is 11.5 Å². The highest BCUT2D eigenvalue weighted by Gasteiger charge is 2.26. The molecule has 7 heteroatoms. The molecule has 1 aromatic rings. The zero-order valence-corrected chi connectivity index (χ0v) is 13.1. The Bertz CT molecular complexity index is 520. The summed E-state index contributed by atoms with van der Waals surface area (Å²) in [4.78, 5) is 26.2. The summed E-state index contributed by atoms with van der Waals surface area (Å²) in [5.41, 5.74) is 12.0. The van der Waals surface area contributed by atoms with Gasteiger partial charge in [-0.3, -0.25) is 9.59 Å². The van der Waals surface area contributed by atoms with Gasteiger partial charge in [0.05, 0.1) is 16.1 Å². The van der Waals surface area contributed by atoms with E-state index in [1.165, 1.54) is 11.3 Å². The Balaban J connectivity index is 2.44. The van der Waals surface area contributed by atoms with E-state index in [1.54, 1.807) is 6.92 Å². The zero-order chi connectivity index (χ0) is 14.7. The molecular formula is C13H19N3O2S2. The number of hydrogen-bond acceptors (Lipinski definition) is 6. The minimum atomic E-state index is -0.555. The van der Waals surface area contributed by atoms with Crippen molar-refractivity contribution in [1.29, 1.82) is 0 Å². The van der Waals surface area contributed by atoms with Crippen LogP contribution in [0.5, 0.6) is 0 Å². The molecule has 0 aromatic carbocycles. The van der Waals surface area contributed by atoms with Crippen LogP contribution in [0.4, 0.5) is 10.7 Å². The fourth-order valence-corrected chi connectivity index (χ4v) is 4.38. The maximum absolute atomic E-state index is 11.9. The number of carbonyl (C=O) groups is 2. The summed E-state index contributed by atoms with van der Waals surface area (Å²) in [6.45, 7) is 3.51. The standard InChI is InChI=1S/C13H19N3O2S2/c1-2-8(17)11-10(14)9(12(15)18)13(20-11)16-4-3-6-19-7-5-16/h2-7,14H2,1H3,(H2,15,18). The molecule has 0 spiro atoms. The van der Waals surface area contributed by atoms with Gasteiger partial charge in [-0.05, 0) is 12.2 Å². The number of hydrogen-bond donors (Lipinski definition) is 2. The van der Waals surface area contributed by atoms with Crippen molar-refractivity contribution in [1.82, 2.24) is 0 Å². The molecule has 1 aliphatic rings. The second kappa shape index (κ2) is 6.49. The number of amides is 1. The van der Waals surface area contributed by atoms with Crippen molar-refractivity contribution < 1.29 is 9.59 Å². The minimum Gasteiger partial charge on any atom is -0.397 e. The van der Waals surface area contributed by atoms with Crippen LogP contribution in [-0.2, 0) is 0 Å². The fourth-order valence-electron chi connectivity index (χ4n) is 2.21. The lowest BCUT2D eigenvalue weighted by Gasteiger charge is -2.21. The van der Waals surface area contributed by atoms with Gasteiger partial charge in [0, 0.05) is 25.3 Å². The van der Waals surface area contributed by atoms with Gasteiger partial charge in [0.1, 0.15) is 5.00 Å². The lowest BCUT2D eigenvalue weighted by molar-refractivity contribution is 0.0991. The molecule has 1 amide bonds. The molecule has 2 heterocycles. The van der Waals surface area contributed by atoms with Crippen molar-refractivity contribution in [2.75, 3.05) is 35.2 Å². The van der Waals surface area contributed by atoms with Gasteiger partial charge in [-0.2, -0.15) is 11.8 Å². The number of Topliss-reactive ketones (excluding diaryl/α,β-unsaturated/α-hetero) is 1. The Kier molecular flexibility index (Phi) is 4.93. The summed E-state index contributed by atoms with van der Waals surface area (Å²) in [5.74, 6) is 1.53. The van der Waals surface area contributed by atoms with Crippen LogP contribution < -0.4 is 16.4 Å². The first-order chi connectivity index (χ1) is 9.56. The third kappa shape index (κ3) is 2.93. The van der Waals surface area contributed by atoms with E-state index in [0.29, 0.717) is 16.9 Å². The molecule has 5 nitrogen and oxygen atoms in total. The van der Waals surface area contributed by atoms with Crippen LogP contribution >= 0.6 is 23.1 Å². The number of thioether (sulfide) groups is 1. The number of nitrogen functional groups attached to an aromatic ring is 1. The largest absolute Gasteiger partial charge is 0.397 e. The lowest BCUT2D eigenvalue weighted by atomic mass is 10.1. The number of thiophene rings is 1. The minimum absolute atomic E-state index is 0.0366. The number of anilines is 2. The molecule has 0 bridgehead atoms. The van der Waals surface area contributed by atoms with Gasteiger partial charge in [0.25, 0.3) is 5.91 Å². The van der Waals surface area contributed by atoms with Crippen molar-refractivity contribution in [3.8, 4) is 0 Å². The van der Waals surface area contributed by atoms with Gasteiger partial charge >= 0.3 is 0 Å². The van der Waals surface area contributed by atoms with Gasteiger partial charge in [-0.15, -0.1) is 11.3 Å². The van der Waals surface area contributed by atoms with Gasteiger partial charge in [-0.1, -0.05) is 6.92 Å². The molecule has 1 aromatic heterocycles. The Hall–Kier alpha value is -1.21. The van der Waals surface area contributed by atoms with Crippen molar-refractivity contribution in [2.24, 2.45) is 5.73 Å². The molecule has 20 heavy (non-hydrogen) atoms. The van der Waals surface area contributed by atoms with Gasteiger partial charge in [0.15, 0.2) is 5.78 Å². The number of nitrogens with zero attached hydrogens (tertiary/aromatic N) is 1. The van der Waals surface area contributed by atoms with Gasteiger partial charge in [-0.25, -0.2) is 0 Å². The number of primary amides is 1. The van der Waals surface area contributed by atoms with Crippen LogP contribution in [0.25, 0.3) is 0 Å². The predicted molar refractivity (Wildman–Crippen MR) is 86.0 cm³/mol. The number of ketones is 1. The van der Waals surface area contributed by atoms with Crippen LogP contribution in [0.2, 0.25) is 0 Å². The molecule has 1 fully saturated rings. The summed E-state index contributed by atoms with van der Waals surface area (Å²) in [7, 11) is 0. The van der Waals surface area contributed by atoms with Crippen LogP contribution in [-0.4, -0.2) is 36.3 Å². The normalized spacial score (nSPS) is 15.9. The molecule has 1 saturated heterocycles. The third-order valence-electron chi connectivity index (χ3n) is 3.26. The highest BCUT2D eigenvalue weighted by molar-refractivity contribution is 7.99. The predicted octanol–water partition coefficient (Wildman–Crippen LogP) is 1.97. The van der Waals surface area contributed by atoms with Crippen molar-refractivity contribution in [2.45, 2.75) is 19.8 Å². The van der Waals surface area contributed by atoms with E-state index in [2.05, 4.69) is 4.90 Å². The Morgan fingerprint density at radius 2 is 2.05 bits per heavy atom. The molecule has 0 saturated carbocycles. The number of carbonyl (C=O) groups excluding carboxylic acids is 2. The van der Waals surface area contributed by atoms with E-state index in [-0.39, 0.29) is 11.5 Å². The molecule has 0 unspecified atom stereocenters. The average molecular weight is 313 g/mol. The molecule has 110 valence electrons. The number of rotatable bonds is 4. The van der Waals surface area contributed by atoms with Crippen LogP contribution in [0, 0.1) is 0 Å². The van der Waals surface area contributed by atoms with E-state index < -0.39 is 5.91 Å². The van der Waals surface area contributed by atoms with Crippen LogP contribution in [0.1, 0.15) is 39.8 Å². The summed E-state index contributed by atoms with van der Waals surface area (Å²) < 4.78 is 0. The van der Waals surface area contributed by atoms with Crippen LogP contribution in [0.15, 0.2) is 0 Å². The third-order valence-corrected chi connectivity index (χ3v) is 5.61. The molecule has 4 N–H and O–H groups in total. The first-order valence-electron chi connectivity index (χ1n) is 6.64. The maximum Gasteiger partial charge on any atom is 0.253 e.